The lowest BCUT2D eigenvalue weighted by molar-refractivity contribution is -0.128. The number of ketones is 1. The highest BCUT2D eigenvalue weighted by molar-refractivity contribution is 6.69. The number of allylic oxidation sites excluding steroid dienone is 4. The van der Waals surface area contributed by atoms with Crippen LogP contribution in [0.15, 0.2) is 20.1 Å². The third-order valence-corrected chi connectivity index (χ3v) is 15.0. The quantitative estimate of drug-likeness (QED) is 0.248. The van der Waals surface area contributed by atoms with Crippen molar-refractivity contribution in [3.8, 4) is 0 Å². The fourth-order valence-electron chi connectivity index (χ4n) is 4.97. The molecule has 0 amide bonds. The summed E-state index contributed by atoms with van der Waals surface area (Å²) < 4.78 is -4.18. The van der Waals surface area contributed by atoms with Gasteiger partial charge in [-0.05, 0) is 0 Å². The highest BCUT2D eigenvalue weighted by Crippen LogP contribution is 2.84. The van der Waals surface area contributed by atoms with Gasteiger partial charge in [0.25, 0.3) is 0 Å². The monoisotopic (exact) mass is 622 g/mol. The molecule has 13 heteroatoms. The van der Waals surface area contributed by atoms with E-state index in [1.165, 1.54) is 6.92 Å². The molecule has 1 nitrogen and oxygen atoms in total. The number of fused-ring (bicyclic) bond motifs is 8. The predicted octanol–water partition coefficient (Wildman–Crippen LogP) is 8.12. The summed E-state index contributed by atoms with van der Waals surface area (Å²) in [5.41, 5.74) is 0. The largest absolute Gasteiger partial charge is 0.299 e. The van der Waals surface area contributed by atoms with Crippen molar-refractivity contribution >= 4 is 145 Å². The van der Waals surface area contributed by atoms with E-state index in [-0.39, 0.29) is 20.1 Å². The van der Waals surface area contributed by atoms with Crippen molar-refractivity contribution in [1.82, 2.24) is 0 Å². The topological polar surface area (TPSA) is 17.1 Å². The fraction of sp³-hybridized carbons (Fsp3) is 0.667. The third kappa shape index (κ3) is 1.92. The van der Waals surface area contributed by atoms with Crippen LogP contribution in [0.25, 0.3) is 0 Å². The van der Waals surface area contributed by atoms with Crippen molar-refractivity contribution in [2.45, 2.75) is 35.1 Å². The minimum absolute atomic E-state index is 0.166. The van der Waals surface area contributed by atoms with Crippen molar-refractivity contribution in [2.75, 3.05) is 0 Å². The molecule has 4 aliphatic rings. The maximum Gasteiger partial charge on any atom is 0.167 e. The Bertz CT molecular complexity index is 909. The lowest BCUT2D eigenvalue weighted by Crippen LogP contribution is -2.59. The minimum Gasteiger partial charge on any atom is -0.299 e. The van der Waals surface area contributed by atoms with E-state index in [4.69, 9.17) is 139 Å². The Kier molecular flexibility index (Phi) is 5.26. The zero-order valence-corrected chi connectivity index (χ0v) is 22.2. The molecule has 0 aliphatic heterocycles. The van der Waals surface area contributed by atoms with Crippen LogP contribution in [-0.4, -0.2) is 33.9 Å². The number of rotatable bonds is 0. The Morgan fingerprint density at radius 2 is 0.929 bits per heavy atom. The molecule has 156 valence electrons. The van der Waals surface area contributed by atoms with Crippen LogP contribution in [-0.2, 0) is 4.79 Å². The summed E-state index contributed by atoms with van der Waals surface area (Å²) in [6.45, 7) is 1.48. The molecule has 2 fully saturated rings. The molecule has 0 N–H and O–H groups in total. The number of carbonyl (C=O) groups is 1. The van der Waals surface area contributed by atoms with Crippen molar-refractivity contribution in [3.63, 3.8) is 0 Å². The van der Waals surface area contributed by atoms with Crippen LogP contribution in [0.3, 0.4) is 0 Å². The van der Waals surface area contributed by atoms with E-state index in [0.29, 0.717) is 0 Å². The van der Waals surface area contributed by atoms with Gasteiger partial charge in [-0.25, -0.2) is 0 Å². The first kappa shape index (κ1) is 23.8. The average Bonchev–Trinajstić information content (AvgIpc) is 2.86. The van der Waals surface area contributed by atoms with Gasteiger partial charge in [-0.2, -0.15) is 0 Å². The van der Waals surface area contributed by atoms with Gasteiger partial charge in [-0.15, -0.1) is 46.4 Å². The zero-order valence-electron chi connectivity index (χ0n) is 13.2. The highest BCUT2D eigenvalue weighted by atomic mass is 35.5. The molecule has 0 aromatic carbocycles. The molecule has 4 rings (SSSR count). The van der Waals surface area contributed by atoms with Crippen LogP contribution >= 0.6 is 139 Å². The molecule has 28 heavy (non-hydrogen) atoms. The van der Waals surface area contributed by atoms with Crippen LogP contribution in [0.1, 0.15) is 6.92 Å². The minimum atomic E-state index is -2.11. The fourth-order valence-corrected chi connectivity index (χ4v) is 11.1. The number of hydrogen-bond acceptors (Lipinski definition) is 1. The molecule has 0 unspecified atom stereocenters. The molecule has 7 atom stereocenters. The van der Waals surface area contributed by atoms with Gasteiger partial charge in [0.15, 0.2) is 8.67 Å². The lowest BCUT2D eigenvalue weighted by Gasteiger charge is -2.47. The van der Waals surface area contributed by atoms with Crippen LogP contribution < -0.4 is 0 Å². The molecule has 4 bridgehead atoms. The third-order valence-electron chi connectivity index (χ3n) is 6.44. The standard InChI is InChI=1S/C15H6Cl12O/c1-2-4(28)3-5(12(22)8(18)6(16)10(2,20)14(12,24)25)13(23)9(19)7(17)11(3,21)15(13,26)27/h2-3,5H,1H3/t2-,3-,5+,10-,11-,12-,13-/m1/s1. The summed E-state index contributed by atoms with van der Waals surface area (Å²) in [7, 11) is 0. The van der Waals surface area contributed by atoms with Crippen LogP contribution in [0.2, 0.25) is 0 Å². The number of Topliss-reactive ketones (excluding diaryl/α,β-unsaturated/α-hetero) is 1. The van der Waals surface area contributed by atoms with E-state index in [0.717, 1.165) is 0 Å². The molecular weight excluding hydrogens is 622 g/mol. The van der Waals surface area contributed by atoms with Gasteiger partial charge in [0.2, 0.25) is 0 Å². The summed E-state index contributed by atoms with van der Waals surface area (Å²) >= 11 is 79.9. The predicted molar refractivity (Wildman–Crippen MR) is 122 cm³/mol. The second-order valence-corrected chi connectivity index (χ2v) is 13.9. The van der Waals surface area contributed by atoms with Crippen LogP contribution in [0.5, 0.6) is 0 Å². The Balaban J connectivity index is 2.20. The molecule has 2 saturated carbocycles. The first-order valence-corrected chi connectivity index (χ1v) is 12.2. The lowest BCUT2D eigenvalue weighted by atomic mass is 9.71. The van der Waals surface area contributed by atoms with Crippen LogP contribution in [0, 0.1) is 17.8 Å². The van der Waals surface area contributed by atoms with Gasteiger partial charge in [0, 0.05) is 11.8 Å². The Hall–Kier alpha value is 2.63. The van der Waals surface area contributed by atoms with Gasteiger partial charge >= 0.3 is 0 Å². The molecule has 0 aromatic rings. The highest BCUT2D eigenvalue weighted by Gasteiger charge is 2.92. The number of carbonyl (C=O) groups excluding carboxylic acids is 1. The Morgan fingerprint density at radius 3 is 1.36 bits per heavy atom. The maximum atomic E-state index is 13.6. The normalized spacial score (nSPS) is 53.8. The van der Waals surface area contributed by atoms with E-state index in [1.54, 1.807) is 0 Å². The molecule has 0 saturated heterocycles. The smallest absolute Gasteiger partial charge is 0.167 e. The summed E-state index contributed by atoms with van der Waals surface area (Å²) in [4.78, 5) is 5.86. The molecule has 0 heterocycles. The molecule has 0 spiro atoms. The summed E-state index contributed by atoms with van der Waals surface area (Å²) in [5, 5.41) is -0.720. The zero-order chi connectivity index (χ0) is 21.6. The first-order chi connectivity index (χ1) is 12.4. The number of halogens is 12. The van der Waals surface area contributed by atoms with E-state index < -0.39 is 51.7 Å². The molecule has 4 aliphatic carbocycles. The van der Waals surface area contributed by atoms with E-state index in [2.05, 4.69) is 0 Å². The molecule has 0 radical (unpaired) electrons. The second-order valence-electron chi connectivity index (χ2n) is 7.33. The van der Waals surface area contributed by atoms with Crippen LogP contribution in [0.4, 0.5) is 0 Å². The Morgan fingerprint density at radius 1 is 0.607 bits per heavy atom. The van der Waals surface area contributed by atoms with Crippen molar-refractivity contribution in [3.05, 3.63) is 20.1 Å². The summed E-state index contributed by atoms with van der Waals surface area (Å²) in [6, 6.07) is 0. The van der Waals surface area contributed by atoms with Gasteiger partial charge in [0.05, 0.1) is 26.0 Å². The second kappa shape index (κ2) is 6.19. The summed E-state index contributed by atoms with van der Waals surface area (Å²) in [6.07, 6.45) is 0. The first-order valence-electron chi connectivity index (χ1n) is 7.61. The number of hydrogen-bond donors (Lipinski definition) is 0. The molecule has 0 aromatic heterocycles. The van der Waals surface area contributed by atoms with Gasteiger partial charge in [-0.1, -0.05) is 99.7 Å². The average molecular weight is 628 g/mol. The van der Waals surface area contributed by atoms with Crippen molar-refractivity contribution in [1.29, 1.82) is 0 Å². The van der Waals surface area contributed by atoms with E-state index >= 15 is 0 Å². The Labute approximate surface area is 220 Å². The summed E-state index contributed by atoms with van der Waals surface area (Å²) in [5.74, 6) is -4.19. The molecular formula is C15H6Cl12O. The van der Waals surface area contributed by atoms with Gasteiger partial charge in [-0.3, -0.25) is 4.79 Å². The van der Waals surface area contributed by atoms with Gasteiger partial charge < -0.3 is 0 Å². The SMILES string of the molecule is C[C@@H]1C(=O)[C@@H]2[C@@H]([C@@]3(Cl)C(Cl)=C(Cl)[C@@]1(Cl)C3(Cl)Cl)[C@@]1(Cl)C(Cl)=C(Cl)[C@@]2(Cl)C1(Cl)Cl. The number of alkyl halides is 8. The maximum absolute atomic E-state index is 13.6. The van der Waals surface area contributed by atoms with Gasteiger partial charge in [0.1, 0.15) is 25.3 Å². The van der Waals surface area contributed by atoms with E-state index in [1.807, 2.05) is 0 Å². The van der Waals surface area contributed by atoms with Crippen molar-refractivity contribution in [2.24, 2.45) is 17.8 Å². The van der Waals surface area contributed by atoms with Crippen molar-refractivity contribution < 1.29 is 4.79 Å². The van der Waals surface area contributed by atoms with E-state index in [9.17, 15) is 4.79 Å².